The van der Waals surface area contributed by atoms with Gasteiger partial charge in [0.05, 0.1) is 25.3 Å². The molecule has 27 heavy (non-hydrogen) atoms. The highest BCUT2D eigenvalue weighted by atomic mass is 35.5. The highest BCUT2D eigenvalue weighted by molar-refractivity contribution is 6.30. The SMILES string of the molecule is CCOC(=O)c1c(C)[nH]c(C(=O)N2CCOC(c3ccc(Cl)cc3)C2)c1C. The lowest BCUT2D eigenvalue weighted by Gasteiger charge is -2.33. The van der Waals surface area contributed by atoms with Crippen LogP contribution in [0.5, 0.6) is 0 Å². The van der Waals surface area contributed by atoms with Crippen LogP contribution < -0.4 is 0 Å². The lowest BCUT2D eigenvalue weighted by atomic mass is 10.1. The third-order valence-electron chi connectivity index (χ3n) is 4.73. The molecule has 0 radical (unpaired) electrons. The van der Waals surface area contributed by atoms with Gasteiger partial charge in [-0.1, -0.05) is 23.7 Å². The fourth-order valence-electron chi connectivity index (χ4n) is 3.34. The minimum Gasteiger partial charge on any atom is -0.462 e. The molecule has 7 heteroatoms. The van der Waals surface area contributed by atoms with Gasteiger partial charge in [-0.3, -0.25) is 4.79 Å². The number of carbonyl (C=O) groups is 2. The van der Waals surface area contributed by atoms with Gasteiger partial charge < -0.3 is 19.4 Å². The number of esters is 1. The first kappa shape index (κ1) is 19.5. The minimum atomic E-state index is -0.413. The van der Waals surface area contributed by atoms with Crippen LogP contribution in [0.2, 0.25) is 5.02 Å². The summed E-state index contributed by atoms with van der Waals surface area (Å²) in [6.45, 7) is 6.96. The van der Waals surface area contributed by atoms with Gasteiger partial charge in [-0.15, -0.1) is 0 Å². The summed E-state index contributed by atoms with van der Waals surface area (Å²) in [5.41, 5.74) is 3.08. The molecule has 1 amide bonds. The Bertz CT molecular complexity index is 844. The number of nitrogens with zero attached hydrogens (tertiary/aromatic N) is 1. The van der Waals surface area contributed by atoms with E-state index in [1.165, 1.54) is 0 Å². The molecule has 1 aliphatic heterocycles. The molecular weight excluding hydrogens is 368 g/mol. The molecule has 1 saturated heterocycles. The highest BCUT2D eigenvalue weighted by Crippen LogP contribution is 2.26. The second-order valence-corrected chi connectivity index (χ2v) is 6.94. The number of hydrogen-bond acceptors (Lipinski definition) is 4. The van der Waals surface area contributed by atoms with Crippen LogP contribution in [0.15, 0.2) is 24.3 Å². The van der Waals surface area contributed by atoms with Crippen molar-refractivity contribution in [1.29, 1.82) is 0 Å². The van der Waals surface area contributed by atoms with Gasteiger partial charge in [0.2, 0.25) is 0 Å². The maximum Gasteiger partial charge on any atom is 0.340 e. The Morgan fingerprint density at radius 1 is 1.30 bits per heavy atom. The third kappa shape index (κ3) is 4.01. The van der Waals surface area contributed by atoms with E-state index in [1.807, 2.05) is 24.3 Å². The van der Waals surface area contributed by atoms with Gasteiger partial charge in [0.1, 0.15) is 11.8 Å². The van der Waals surface area contributed by atoms with Crippen molar-refractivity contribution in [2.75, 3.05) is 26.3 Å². The van der Waals surface area contributed by atoms with Crippen LogP contribution in [0, 0.1) is 13.8 Å². The van der Waals surface area contributed by atoms with Gasteiger partial charge in [0, 0.05) is 17.3 Å². The van der Waals surface area contributed by atoms with Crippen molar-refractivity contribution in [3.8, 4) is 0 Å². The summed E-state index contributed by atoms with van der Waals surface area (Å²) in [6, 6.07) is 7.43. The maximum atomic E-state index is 13.1. The number of carbonyl (C=O) groups excluding carboxylic acids is 2. The fourth-order valence-corrected chi connectivity index (χ4v) is 3.47. The van der Waals surface area contributed by atoms with Gasteiger partial charge in [-0.05, 0) is 44.0 Å². The van der Waals surface area contributed by atoms with Crippen LogP contribution in [-0.4, -0.2) is 48.1 Å². The topological polar surface area (TPSA) is 71.6 Å². The van der Waals surface area contributed by atoms with E-state index in [4.69, 9.17) is 21.1 Å². The van der Waals surface area contributed by atoms with E-state index in [0.717, 1.165) is 5.56 Å². The number of amides is 1. The molecule has 0 spiro atoms. The Morgan fingerprint density at radius 3 is 2.67 bits per heavy atom. The first-order valence-electron chi connectivity index (χ1n) is 8.95. The molecule has 1 aliphatic rings. The maximum absolute atomic E-state index is 13.1. The standard InChI is InChI=1S/C20H23ClN2O4/c1-4-26-20(25)17-12(2)18(22-13(17)3)19(24)23-9-10-27-16(11-23)14-5-7-15(21)8-6-14/h5-8,16,22H,4,9-11H2,1-3H3. The monoisotopic (exact) mass is 390 g/mol. The Morgan fingerprint density at radius 2 is 2.00 bits per heavy atom. The third-order valence-corrected chi connectivity index (χ3v) is 4.98. The molecule has 6 nitrogen and oxygen atoms in total. The molecule has 1 aromatic carbocycles. The van der Waals surface area contributed by atoms with Crippen LogP contribution in [0.3, 0.4) is 0 Å². The number of halogens is 1. The van der Waals surface area contributed by atoms with Gasteiger partial charge >= 0.3 is 5.97 Å². The molecule has 1 atom stereocenters. The predicted octanol–water partition coefficient (Wildman–Crippen LogP) is 3.68. The minimum absolute atomic E-state index is 0.145. The normalized spacial score (nSPS) is 17.0. The zero-order valence-electron chi connectivity index (χ0n) is 15.7. The number of aromatic nitrogens is 1. The molecule has 144 valence electrons. The number of ether oxygens (including phenoxy) is 2. The summed E-state index contributed by atoms with van der Waals surface area (Å²) < 4.78 is 10.9. The van der Waals surface area contributed by atoms with E-state index in [2.05, 4.69) is 4.98 Å². The number of benzene rings is 1. The van der Waals surface area contributed by atoms with Crippen molar-refractivity contribution in [3.63, 3.8) is 0 Å². The number of H-pyrrole nitrogens is 1. The molecule has 1 fully saturated rings. The average molecular weight is 391 g/mol. The molecule has 3 rings (SSSR count). The summed E-state index contributed by atoms with van der Waals surface area (Å²) in [5.74, 6) is -0.558. The Kier molecular flexibility index (Phi) is 5.87. The Hall–Kier alpha value is -2.31. The molecule has 1 unspecified atom stereocenters. The van der Waals surface area contributed by atoms with Crippen molar-refractivity contribution in [1.82, 2.24) is 9.88 Å². The van der Waals surface area contributed by atoms with E-state index < -0.39 is 5.97 Å². The lowest BCUT2D eigenvalue weighted by Crippen LogP contribution is -2.42. The molecule has 2 heterocycles. The number of rotatable bonds is 4. The highest BCUT2D eigenvalue weighted by Gasteiger charge is 2.30. The van der Waals surface area contributed by atoms with Crippen molar-refractivity contribution < 1.29 is 19.1 Å². The number of aromatic amines is 1. The molecule has 1 aromatic heterocycles. The number of aryl methyl sites for hydroxylation is 1. The average Bonchev–Trinajstić information content (AvgIpc) is 2.96. The predicted molar refractivity (Wildman–Crippen MR) is 102 cm³/mol. The van der Waals surface area contributed by atoms with Crippen molar-refractivity contribution in [2.24, 2.45) is 0 Å². The first-order valence-corrected chi connectivity index (χ1v) is 9.32. The molecule has 0 bridgehead atoms. The van der Waals surface area contributed by atoms with Crippen LogP contribution >= 0.6 is 11.6 Å². The van der Waals surface area contributed by atoms with Crippen molar-refractivity contribution in [2.45, 2.75) is 26.9 Å². The smallest absolute Gasteiger partial charge is 0.340 e. The second kappa shape index (κ2) is 8.15. The first-order chi connectivity index (χ1) is 12.9. The summed E-state index contributed by atoms with van der Waals surface area (Å²) in [7, 11) is 0. The van der Waals surface area contributed by atoms with Gasteiger partial charge in [-0.2, -0.15) is 0 Å². The van der Waals surface area contributed by atoms with Crippen LogP contribution in [0.25, 0.3) is 0 Å². The van der Waals surface area contributed by atoms with Gasteiger partial charge in [-0.25, -0.2) is 4.79 Å². The largest absolute Gasteiger partial charge is 0.462 e. The van der Waals surface area contributed by atoms with E-state index in [1.54, 1.807) is 25.7 Å². The molecule has 1 N–H and O–H groups in total. The van der Waals surface area contributed by atoms with Gasteiger partial charge in [0.25, 0.3) is 5.91 Å². The zero-order valence-corrected chi connectivity index (χ0v) is 16.4. The summed E-state index contributed by atoms with van der Waals surface area (Å²) in [5, 5.41) is 0.659. The fraction of sp³-hybridized carbons (Fsp3) is 0.400. The molecular formula is C20H23ClN2O4. The van der Waals surface area contributed by atoms with Crippen molar-refractivity contribution >= 4 is 23.5 Å². The van der Waals surface area contributed by atoms with E-state index >= 15 is 0 Å². The summed E-state index contributed by atoms with van der Waals surface area (Å²) >= 11 is 5.95. The number of hydrogen-bond donors (Lipinski definition) is 1. The van der Waals surface area contributed by atoms with E-state index in [0.29, 0.717) is 53.8 Å². The molecule has 0 saturated carbocycles. The quantitative estimate of drug-likeness (QED) is 0.808. The summed E-state index contributed by atoms with van der Waals surface area (Å²) in [6.07, 6.45) is -0.208. The zero-order chi connectivity index (χ0) is 19.6. The van der Waals surface area contributed by atoms with Crippen LogP contribution in [-0.2, 0) is 9.47 Å². The van der Waals surface area contributed by atoms with Crippen molar-refractivity contribution in [3.05, 3.63) is 57.4 Å². The van der Waals surface area contributed by atoms with Crippen LogP contribution in [0.4, 0.5) is 0 Å². The Labute approximate surface area is 163 Å². The van der Waals surface area contributed by atoms with Crippen LogP contribution in [0.1, 0.15) is 50.7 Å². The number of morpholine rings is 1. The number of nitrogens with one attached hydrogen (secondary N) is 1. The summed E-state index contributed by atoms with van der Waals surface area (Å²) in [4.78, 5) is 30.0. The van der Waals surface area contributed by atoms with Gasteiger partial charge in [0.15, 0.2) is 0 Å². The van der Waals surface area contributed by atoms with E-state index in [9.17, 15) is 9.59 Å². The molecule has 2 aromatic rings. The Balaban J connectivity index is 1.80. The lowest BCUT2D eigenvalue weighted by molar-refractivity contribution is -0.0230. The second-order valence-electron chi connectivity index (χ2n) is 6.51. The molecule has 0 aliphatic carbocycles. The van der Waals surface area contributed by atoms with E-state index in [-0.39, 0.29) is 12.0 Å².